The molecule has 0 unspecified atom stereocenters. The average molecular weight is 221 g/mol. The van der Waals surface area contributed by atoms with Gasteiger partial charge in [0.1, 0.15) is 5.82 Å². The maximum Gasteiger partial charge on any atom is 0.146 e. The van der Waals surface area contributed by atoms with E-state index in [-0.39, 0.29) is 0 Å². The van der Waals surface area contributed by atoms with Crippen molar-refractivity contribution in [1.82, 2.24) is 4.98 Å². The van der Waals surface area contributed by atoms with Gasteiger partial charge < -0.3 is 5.32 Å². The minimum atomic E-state index is 0.334. The van der Waals surface area contributed by atoms with Crippen LogP contribution in [0, 0.1) is 0 Å². The third kappa shape index (κ3) is 2.05. The first kappa shape index (κ1) is 10.2. The summed E-state index contributed by atoms with van der Waals surface area (Å²) >= 11 is 6.23. The first-order valence-electron chi connectivity index (χ1n) is 4.99. The molecule has 0 fully saturated rings. The molecule has 2 nitrogen and oxygen atoms in total. The molecule has 0 bridgehead atoms. The van der Waals surface area contributed by atoms with Gasteiger partial charge in [-0.3, -0.25) is 0 Å². The second-order valence-electron chi connectivity index (χ2n) is 3.78. The number of hydrogen-bond acceptors (Lipinski definition) is 2. The largest absolute Gasteiger partial charge is 0.367 e. The number of anilines is 1. The molecule has 3 heteroatoms. The van der Waals surface area contributed by atoms with Gasteiger partial charge in [-0.25, -0.2) is 4.98 Å². The van der Waals surface area contributed by atoms with Crippen molar-refractivity contribution < 1.29 is 0 Å². The van der Waals surface area contributed by atoms with Crippen LogP contribution in [-0.2, 0) is 0 Å². The fourth-order valence-corrected chi connectivity index (χ4v) is 1.74. The van der Waals surface area contributed by atoms with E-state index in [1.54, 1.807) is 0 Å². The monoisotopic (exact) mass is 220 g/mol. The molecule has 0 atom stereocenters. The average Bonchev–Trinajstić information content (AvgIpc) is 2.40. The van der Waals surface area contributed by atoms with Gasteiger partial charge in [0.25, 0.3) is 0 Å². The van der Waals surface area contributed by atoms with Gasteiger partial charge in [-0.05, 0) is 19.9 Å². The molecule has 0 saturated carbocycles. The molecule has 0 aromatic heterocycles. The van der Waals surface area contributed by atoms with Gasteiger partial charge >= 0.3 is 0 Å². The summed E-state index contributed by atoms with van der Waals surface area (Å²) in [5.41, 5.74) is 1.91. The molecule has 2 rings (SSSR count). The maximum absolute atomic E-state index is 6.23. The number of nitrogens with one attached hydrogen (secondary N) is 1. The van der Waals surface area contributed by atoms with Crippen molar-refractivity contribution in [2.45, 2.75) is 19.9 Å². The van der Waals surface area contributed by atoms with Gasteiger partial charge in [-0.1, -0.05) is 35.9 Å². The van der Waals surface area contributed by atoms with Crippen molar-refractivity contribution in [3.63, 3.8) is 0 Å². The predicted octanol–water partition coefficient (Wildman–Crippen LogP) is 3.66. The molecule has 0 spiro atoms. The number of rotatable bonds is 2. The van der Waals surface area contributed by atoms with Crippen LogP contribution in [0.1, 0.15) is 13.8 Å². The second kappa shape index (κ2) is 4.07. The molecule has 0 radical (unpaired) electrons. The van der Waals surface area contributed by atoms with Crippen LogP contribution in [0.25, 0.3) is 11.3 Å². The standard InChI is InChI=1S/C12H13ClN2/c1-8(2)14-12-11(13)9-6-4-3-5-7-10(9)15-12/h3-8H,1-2H3,(H,14,15). The third-order valence-corrected chi connectivity index (χ3v) is 2.50. The number of nitrogens with zero attached hydrogens (tertiary/aromatic N) is 1. The molecule has 1 N–H and O–H groups in total. The molecule has 1 heterocycles. The molecule has 1 aliphatic carbocycles. The van der Waals surface area contributed by atoms with E-state index in [0.29, 0.717) is 11.1 Å². The number of halogens is 1. The molecule has 0 aromatic rings. The molecule has 0 amide bonds. The van der Waals surface area contributed by atoms with Crippen molar-refractivity contribution in [2.75, 3.05) is 5.32 Å². The van der Waals surface area contributed by atoms with Crippen LogP contribution in [0.2, 0.25) is 5.02 Å². The Morgan fingerprint density at radius 3 is 2.67 bits per heavy atom. The quantitative estimate of drug-likeness (QED) is 0.836. The Kier molecular flexibility index (Phi) is 2.78. The van der Waals surface area contributed by atoms with E-state index < -0.39 is 0 Å². The van der Waals surface area contributed by atoms with Gasteiger partial charge in [-0.2, -0.15) is 0 Å². The van der Waals surface area contributed by atoms with Gasteiger partial charge in [0, 0.05) is 11.6 Å². The minimum Gasteiger partial charge on any atom is -0.367 e. The van der Waals surface area contributed by atoms with Crippen molar-refractivity contribution in [3.05, 3.63) is 35.4 Å². The van der Waals surface area contributed by atoms with Gasteiger partial charge in [-0.15, -0.1) is 0 Å². The molecular weight excluding hydrogens is 208 g/mol. The number of aromatic nitrogens is 1. The van der Waals surface area contributed by atoms with Gasteiger partial charge in [0.05, 0.1) is 10.7 Å². The van der Waals surface area contributed by atoms with Crippen LogP contribution < -0.4 is 5.32 Å². The molecule has 1 aliphatic heterocycles. The van der Waals surface area contributed by atoms with Crippen LogP contribution in [0.5, 0.6) is 0 Å². The van der Waals surface area contributed by atoms with Crippen molar-refractivity contribution in [1.29, 1.82) is 0 Å². The van der Waals surface area contributed by atoms with Crippen LogP contribution in [0.3, 0.4) is 0 Å². The van der Waals surface area contributed by atoms with Crippen molar-refractivity contribution >= 4 is 17.4 Å². The van der Waals surface area contributed by atoms with E-state index in [4.69, 9.17) is 11.6 Å². The zero-order chi connectivity index (χ0) is 10.8. The van der Waals surface area contributed by atoms with Gasteiger partial charge in [0.15, 0.2) is 0 Å². The Morgan fingerprint density at radius 2 is 1.93 bits per heavy atom. The normalized spacial score (nSPS) is 10.9. The van der Waals surface area contributed by atoms with Crippen LogP contribution >= 0.6 is 11.6 Å². The molecule has 15 heavy (non-hydrogen) atoms. The van der Waals surface area contributed by atoms with E-state index in [2.05, 4.69) is 24.1 Å². The molecule has 2 aliphatic rings. The topological polar surface area (TPSA) is 24.9 Å². The summed E-state index contributed by atoms with van der Waals surface area (Å²) in [6.45, 7) is 4.13. The summed E-state index contributed by atoms with van der Waals surface area (Å²) in [6.07, 6.45) is 0. The third-order valence-electron chi connectivity index (χ3n) is 2.12. The van der Waals surface area contributed by atoms with Crippen LogP contribution in [-0.4, -0.2) is 11.0 Å². The van der Waals surface area contributed by atoms with Crippen molar-refractivity contribution in [2.24, 2.45) is 0 Å². The first-order chi connectivity index (χ1) is 7.18. The smallest absolute Gasteiger partial charge is 0.146 e. The molecule has 0 saturated heterocycles. The lowest BCUT2D eigenvalue weighted by Gasteiger charge is -2.06. The Morgan fingerprint density at radius 1 is 1.20 bits per heavy atom. The Hall–Kier alpha value is -1.28. The predicted molar refractivity (Wildman–Crippen MR) is 64.6 cm³/mol. The number of fused-ring (bicyclic) bond motifs is 1. The van der Waals surface area contributed by atoms with E-state index >= 15 is 0 Å². The lowest BCUT2D eigenvalue weighted by atomic mass is 10.2. The van der Waals surface area contributed by atoms with Crippen LogP contribution in [0.15, 0.2) is 30.3 Å². The lowest BCUT2D eigenvalue weighted by molar-refractivity contribution is 0.892. The summed E-state index contributed by atoms with van der Waals surface area (Å²) in [5.74, 6) is 0.771. The van der Waals surface area contributed by atoms with Crippen LogP contribution in [0.4, 0.5) is 5.82 Å². The Balaban J connectivity index is 2.50. The first-order valence-corrected chi connectivity index (χ1v) is 5.37. The fraction of sp³-hybridized carbons (Fsp3) is 0.250. The maximum atomic E-state index is 6.23. The zero-order valence-corrected chi connectivity index (χ0v) is 9.55. The minimum absolute atomic E-state index is 0.334. The summed E-state index contributed by atoms with van der Waals surface area (Å²) in [4.78, 5) is 4.45. The summed E-state index contributed by atoms with van der Waals surface area (Å²) in [7, 11) is 0. The molecule has 78 valence electrons. The lowest BCUT2D eigenvalue weighted by Crippen LogP contribution is -2.09. The van der Waals surface area contributed by atoms with Crippen molar-refractivity contribution in [3.8, 4) is 11.3 Å². The summed E-state index contributed by atoms with van der Waals surface area (Å²) in [6, 6.07) is 10.2. The highest BCUT2D eigenvalue weighted by Crippen LogP contribution is 2.35. The Labute approximate surface area is 94.6 Å². The Bertz CT molecular complexity index is 440. The highest BCUT2D eigenvalue weighted by atomic mass is 35.5. The molecular formula is C12H13ClN2. The van der Waals surface area contributed by atoms with E-state index in [0.717, 1.165) is 17.1 Å². The fourth-order valence-electron chi connectivity index (χ4n) is 1.49. The summed E-state index contributed by atoms with van der Waals surface area (Å²) in [5, 5.41) is 3.93. The van der Waals surface area contributed by atoms with E-state index in [9.17, 15) is 0 Å². The van der Waals surface area contributed by atoms with E-state index in [1.165, 1.54) is 0 Å². The zero-order valence-electron chi connectivity index (χ0n) is 8.79. The van der Waals surface area contributed by atoms with Gasteiger partial charge in [0.2, 0.25) is 0 Å². The molecule has 0 aromatic carbocycles. The number of hydrogen-bond donors (Lipinski definition) is 1. The van der Waals surface area contributed by atoms with E-state index in [1.807, 2.05) is 30.3 Å². The SMILES string of the molecule is CC(C)Nc1nc2cccccc-2c1Cl. The highest BCUT2D eigenvalue weighted by Gasteiger charge is 2.14. The highest BCUT2D eigenvalue weighted by molar-refractivity contribution is 6.36. The summed E-state index contributed by atoms with van der Waals surface area (Å²) < 4.78 is 0. The second-order valence-corrected chi connectivity index (χ2v) is 4.16.